The van der Waals surface area contributed by atoms with E-state index in [0.717, 1.165) is 5.56 Å². The second kappa shape index (κ2) is 10.8. The summed E-state index contributed by atoms with van der Waals surface area (Å²) in [5.74, 6) is -2.83. The number of aliphatic hydroxyl groups is 1. The minimum Gasteiger partial charge on any atom is -0.475 e. The number of nitrogens with one attached hydrogen (secondary N) is 1. The molecule has 1 atom stereocenters. The maximum absolute atomic E-state index is 13.8. The quantitative estimate of drug-likeness (QED) is 0.506. The summed E-state index contributed by atoms with van der Waals surface area (Å²) < 4.78 is 45.5. The van der Waals surface area contributed by atoms with E-state index >= 15 is 0 Å². The van der Waals surface area contributed by atoms with Gasteiger partial charge in [-0.1, -0.05) is 36.4 Å². The van der Waals surface area contributed by atoms with Gasteiger partial charge in [-0.2, -0.15) is 18.4 Å². The van der Waals surface area contributed by atoms with Gasteiger partial charge in [-0.15, -0.1) is 0 Å². The van der Waals surface area contributed by atoms with Crippen LogP contribution >= 0.6 is 0 Å². The monoisotopic (exact) mass is 448 g/mol. The molecule has 11 heteroatoms. The molecule has 0 aliphatic rings. The molecule has 0 spiro atoms. The van der Waals surface area contributed by atoms with Crippen LogP contribution in [0.5, 0.6) is 0 Å². The molecule has 2 aromatic carbocycles. The number of nitrogens with zero attached hydrogens (tertiary/aromatic N) is 3. The Labute approximate surface area is 179 Å². The molecule has 7 nitrogen and oxygen atoms in total. The molecule has 3 N–H and O–H groups in total. The Morgan fingerprint density at radius 3 is 2.34 bits per heavy atom. The number of aliphatic hydroxyl groups excluding tert-OH is 1. The summed E-state index contributed by atoms with van der Waals surface area (Å²) in [6.07, 6.45) is -4.39. The van der Waals surface area contributed by atoms with Crippen molar-refractivity contribution in [3.05, 3.63) is 77.9 Å². The van der Waals surface area contributed by atoms with Crippen LogP contribution in [0.3, 0.4) is 0 Å². The molecule has 3 rings (SSSR count). The number of nitriles is 1. The van der Waals surface area contributed by atoms with E-state index in [1.807, 2.05) is 30.3 Å². The minimum absolute atomic E-state index is 0.0119. The largest absolute Gasteiger partial charge is 0.490 e. The van der Waals surface area contributed by atoms with Gasteiger partial charge >= 0.3 is 12.1 Å². The number of rotatable bonds is 5. The second-order valence-electron chi connectivity index (χ2n) is 6.21. The van der Waals surface area contributed by atoms with E-state index in [1.54, 1.807) is 18.2 Å². The van der Waals surface area contributed by atoms with Crippen molar-refractivity contribution in [1.82, 2.24) is 9.97 Å². The van der Waals surface area contributed by atoms with Gasteiger partial charge in [0, 0.05) is 18.2 Å². The zero-order chi connectivity index (χ0) is 23.7. The minimum atomic E-state index is -5.08. The molecular formula is C21H16F4N4O3. The zero-order valence-corrected chi connectivity index (χ0v) is 16.2. The number of hydrogen-bond donors (Lipinski definition) is 3. The van der Waals surface area contributed by atoms with Gasteiger partial charge in [0.25, 0.3) is 0 Å². The molecule has 0 bridgehead atoms. The lowest BCUT2D eigenvalue weighted by Crippen LogP contribution is -2.21. The van der Waals surface area contributed by atoms with Crippen LogP contribution in [0.15, 0.2) is 60.9 Å². The molecule has 166 valence electrons. The predicted molar refractivity (Wildman–Crippen MR) is 106 cm³/mol. The van der Waals surface area contributed by atoms with Gasteiger partial charge in [-0.05, 0) is 17.7 Å². The van der Waals surface area contributed by atoms with Crippen molar-refractivity contribution in [2.24, 2.45) is 0 Å². The molecule has 0 aliphatic heterocycles. The molecule has 0 radical (unpaired) electrons. The van der Waals surface area contributed by atoms with Gasteiger partial charge in [0.05, 0.1) is 17.4 Å². The Bertz CT molecular complexity index is 1100. The van der Waals surface area contributed by atoms with E-state index in [1.165, 1.54) is 18.5 Å². The number of alkyl halides is 3. The van der Waals surface area contributed by atoms with Gasteiger partial charge in [-0.25, -0.2) is 19.2 Å². The second-order valence-corrected chi connectivity index (χ2v) is 6.21. The van der Waals surface area contributed by atoms with Crippen molar-refractivity contribution < 1.29 is 32.6 Å². The number of aliphatic carboxylic acids is 1. The highest BCUT2D eigenvalue weighted by atomic mass is 19.4. The fourth-order valence-corrected chi connectivity index (χ4v) is 2.37. The highest BCUT2D eigenvalue weighted by molar-refractivity contribution is 5.73. The first-order valence-corrected chi connectivity index (χ1v) is 8.91. The SMILES string of the molecule is N#Cc1ccc(-c2cc(NC[C@H](O)c3ccccc3)ncn2)cc1F.O=C(O)C(F)(F)F. The first-order valence-electron chi connectivity index (χ1n) is 8.91. The maximum atomic E-state index is 13.8. The van der Waals surface area contributed by atoms with Crippen molar-refractivity contribution in [1.29, 1.82) is 5.26 Å². The van der Waals surface area contributed by atoms with Crippen LogP contribution in [-0.4, -0.2) is 38.9 Å². The van der Waals surface area contributed by atoms with Gasteiger partial charge < -0.3 is 15.5 Å². The van der Waals surface area contributed by atoms with Gasteiger partial charge in [0.1, 0.15) is 24.0 Å². The van der Waals surface area contributed by atoms with E-state index in [-0.39, 0.29) is 12.1 Å². The van der Waals surface area contributed by atoms with Crippen LogP contribution in [0, 0.1) is 17.1 Å². The number of halogens is 4. The molecule has 32 heavy (non-hydrogen) atoms. The normalized spacial score (nSPS) is 11.5. The van der Waals surface area contributed by atoms with E-state index in [0.29, 0.717) is 17.1 Å². The Hall–Kier alpha value is -4.04. The van der Waals surface area contributed by atoms with Crippen LogP contribution in [0.1, 0.15) is 17.2 Å². The lowest BCUT2D eigenvalue weighted by atomic mass is 10.1. The molecule has 0 fully saturated rings. The molecule has 1 heterocycles. The molecule has 0 amide bonds. The van der Waals surface area contributed by atoms with Crippen LogP contribution < -0.4 is 5.32 Å². The molecule has 0 unspecified atom stereocenters. The lowest BCUT2D eigenvalue weighted by molar-refractivity contribution is -0.192. The molecule has 0 saturated carbocycles. The summed E-state index contributed by atoms with van der Waals surface area (Å²) in [6, 6.07) is 17.1. The third-order valence-corrected chi connectivity index (χ3v) is 3.96. The van der Waals surface area contributed by atoms with Crippen molar-refractivity contribution >= 4 is 11.8 Å². The van der Waals surface area contributed by atoms with Gasteiger partial charge in [-0.3, -0.25) is 0 Å². The van der Waals surface area contributed by atoms with Crippen molar-refractivity contribution in [3.63, 3.8) is 0 Å². The number of carboxylic acids is 1. The Morgan fingerprint density at radius 1 is 1.12 bits per heavy atom. The smallest absolute Gasteiger partial charge is 0.475 e. The summed E-state index contributed by atoms with van der Waals surface area (Å²) >= 11 is 0. The Morgan fingerprint density at radius 2 is 1.78 bits per heavy atom. The van der Waals surface area contributed by atoms with Crippen LogP contribution in [0.2, 0.25) is 0 Å². The zero-order valence-electron chi connectivity index (χ0n) is 16.2. The fraction of sp³-hybridized carbons (Fsp3) is 0.143. The highest BCUT2D eigenvalue weighted by Gasteiger charge is 2.38. The van der Waals surface area contributed by atoms with Crippen molar-refractivity contribution in [2.45, 2.75) is 12.3 Å². The third kappa shape index (κ3) is 7.03. The lowest BCUT2D eigenvalue weighted by Gasteiger charge is -2.13. The maximum Gasteiger partial charge on any atom is 0.490 e. The number of aromatic nitrogens is 2. The van der Waals surface area contributed by atoms with Gasteiger partial charge in [0.15, 0.2) is 0 Å². The van der Waals surface area contributed by atoms with E-state index < -0.39 is 24.1 Å². The highest BCUT2D eigenvalue weighted by Crippen LogP contribution is 2.22. The number of carbonyl (C=O) groups is 1. The van der Waals surface area contributed by atoms with Crippen LogP contribution in [0.4, 0.5) is 23.4 Å². The average Bonchev–Trinajstić information content (AvgIpc) is 2.78. The van der Waals surface area contributed by atoms with E-state index in [4.69, 9.17) is 15.2 Å². The van der Waals surface area contributed by atoms with E-state index in [2.05, 4.69) is 15.3 Å². The summed E-state index contributed by atoms with van der Waals surface area (Å²) in [5.41, 5.74) is 1.86. The van der Waals surface area contributed by atoms with E-state index in [9.17, 15) is 22.7 Å². The van der Waals surface area contributed by atoms with Crippen molar-refractivity contribution in [2.75, 3.05) is 11.9 Å². The molecule has 0 saturated heterocycles. The first kappa shape index (κ1) is 24.2. The first-order chi connectivity index (χ1) is 15.1. The third-order valence-electron chi connectivity index (χ3n) is 3.96. The summed E-state index contributed by atoms with van der Waals surface area (Å²) in [7, 11) is 0. The molecule has 3 aromatic rings. The summed E-state index contributed by atoms with van der Waals surface area (Å²) in [4.78, 5) is 17.1. The predicted octanol–water partition coefficient (Wildman–Crippen LogP) is 3.93. The molecule has 1 aromatic heterocycles. The average molecular weight is 448 g/mol. The van der Waals surface area contributed by atoms with Gasteiger partial charge in [0.2, 0.25) is 0 Å². The topological polar surface area (TPSA) is 119 Å². The Kier molecular flexibility index (Phi) is 8.20. The molecule has 0 aliphatic carbocycles. The summed E-state index contributed by atoms with van der Waals surface area (Å²) in [6.45, 7) is 0.280. The number of carboxylic acid groups (broad SMARTS) is 1. The number of hydrogen-bond acceptors (Lipinski definition) is 6. The van der Waals surface area contributed by atoms with Crippen molar-refractivity contribution in [3.8, 4) is 17.3 Å². The standard InChI is InChI=1S/C19H15FN4O.C2HF3O2/c20-16-8-14(6-7-15(16)10-21)17-9-19(24-12-23-17)22-11-18(25)13-4-2-1-3-5-13;3-2(4,5)1(6)7/h1-9,12,18,25H,11H2,(H,22,23,24);(H,6,7)/t18-;/m0./s1. The Balaban J connectivity index is 0.000000451. The number of benzene rings is 2. The van der Waals surface area contributed by atoms with Crippen LogP contribution in [0.25, 0.3) is 11.3 Å². The van der Waals surface area contributed by atoms with Crippen LogP contribution in [-0.2, 0) is 4.79 Å². The molecular weight excluding hydrogens is 432 g/mol. The summed E-state index contributed by atoms with van der Waals surface area (Å²) in [5, 5.41) is 29.1. The number of anilines is 1. The fourth-order valence-electron chi connectivity index (χ4n) is 2.37.